The molecule has 0 radical (unpaired) electrons. The number of Topliss-reactive ketones (excluding diaryl/α,β-unsaturated/α-hetero) is 1. The van der Waals surface area contributed by atoms with Crippen molar-refractivity contribution in [2.45, 2.75) is 77.0 Å². The second kappa shape index (κ2) is 9.34. The van der Waals surface area contributed by atoms with Crippen molar-refractivity contribution in [1.82, 2.24) is 15.1 Å². The Morgan fingerprint density at radius 2 is 2.00 bits per heavy atom. The van der Waals surface area contributed by atoms with E-state index in [1.807, 2.05) is 20.9 Å². The molecule has 8 heteroatoms. The molecular formula is C22H34N4O4. The van der Waals surface area contributed by atoms with Crippen LogP contribution in [0.4, 0.5) is 4.79 Å². The van der Waals surface area contributed by atoms with E-state index in [2.05, 4.69) is 16.3 Å². The van der Waals surface area contributed by atoms with Crippen molar-refractivity contribution in [2.75, 3.05) is 26.7 Å². The molecule has 3 atom stereocenters. The van der Waals surface area contributed by atoms with Crippen molar-refractivity contribution < 1.29 is 19.1 Å². The van der Waals surface area contributed by atoms with Gasteiger partial charge in [0.2, 0.25) is 5.91 Å². The van der Waals surface area contributed by atoms with Gasteiger partial charge in [0, 0.05) is 32.0 Å². The Bertz CT molecular complexity index is 708. The van der Waals surface area contributed by atoms with Gasteiger partial charge in [-0.3, -0.25) is 14.5 Å². The van der Waals surface area contributed by atoms with Gasteiger partial charge in [-0.1, -0.05) is 13.8 Å². The van der Waals surface area contributed by atoms with Crippen LogP contribution in [0.15, 0.2) is 0 Å². The van der Waals surface area contributed by atoms with E-state index >= 15 is 0 Å². The minimum Gasteiger partial charge on any atom is -0.446 e. The molecule has 1 aliphatic carbocycles. The molecule has 8 nitrogen and oxygen atoms in total. The van der Waals surface area contributed by atoms with Gasteiger partial charge in [0.1, 0.15) is 24.0 Å². The maximum atomic E-state index is 13.0. The Labute approximate surface area is 178 Å². The molecule has 1 N–H and O–H groups in total. The SMILES string of the molecule is CN1CCC(OC(=O)N2CC(C)(C)C[C@H]2C(=O)N[C@H](C#N)C[C@@H]2CCCC2=O)CC1. The molecule has 3 fully saturated rings. The van der Waals surface area contributed by atoms with Crippen LogP contribution in [0.5, 0.6) is 0 Å². The van der Waals surface area contributed by atoms with Gasteiger partial charge in [0.15, 0.2) is 0 Å². The lowest BCUT2D eigenvalue weighted by Crippen LogP contribution is -2.50. The van der Waals surface area contributed by atoms with Crippen molar-refractivity contribution >= 4 is 17.8 Å². The molecule has 2 amide bonds. The minimum absolute atomic E-state index is 0.124. The van der Waals surface area contributed by atoms with E-state index in [9.17, 15) is 19.6 Å². The van der Waals surface area contributed by atoms with Crippen LogP contribution < -0.4 is 5.32 Å². The number of carbonyl (C=O) groups is 3. The summed E-state index contributed by atoms with van der Waals surface area (Å²) in [4.78, 5) is 41.5. The van der Waals surface area contributed by atoms with Gasteiger partial charge < -0.3 is 15.0 Å². The first-order chi connectivity index (χ1) is 14.2. The van der Waals surface area contributed by atoms with Crippen LogP contribution in [0.3, 0.4) is 0 Å². The Hall–Kier alpha value is -2.14. The Morgan fingerprint density at radius 1 is 1.30 bits per heavy atom. The Balaban J connectivity index is 1.61. The van der Waals surface area contributed by atoms with Crippen LogP contribution in [-0.4, -0.2) is 72.5 Å². The van der Waals surface area contributed by atoms with Gasteiger partial charge in [-0.2, -0.15) is 5.26 Å². The molecular weight excluding hydrogens is 384 g/mol. The lowest BCUT2D eigenvalue weighted by atomic mass is 9.90. The number of hydrogen-bond acceptors (Lipinski definition) is 6. The maximum absolute atomic E-state index is 13.0. The number of nitrogens with zero attached hydrogens (tertiary/aromatic N) is 3. The maximum Gasteiger partial charge on any atom is 0.410 e. The first kappa shape index (κ1) is 22.5. The summed E-state index contributed by atoms with van der Waals surface area (Å²) in [7, 11) is 2.05. The van der Waals surface area contributed by atoms with Crippen molar-refractivity contribution in [2.24, 2.45) is 11.3 Å². The van der Waals surface area contributed by atoms with E-state index in [0.717, 1.165) is 38.8 Å². The molecule has 2 aliphatic heterocycles. The topological polar surface area (TPSA) is 103 Å². The number of hydrogen-bond donors (Lipinski definition) is 1. The summed E-state index contributed by atoms with van der Waals surface area (Å²) < 4.78 is 5.72. The second-order valence-electron chi connectivity index (χ2n) is 9.88. The van der Waals surface area contributed by atoms with Crippen LogP contribution in [0.1, 0.15) is 58.8 Å². The van der Waals surface area contributed by atoms with Crippen LogP contribution in [0.25, 0.3) is 0 Å². The van der Waals surface area contributed by atoms with E-state index in [-0.39, 0.29) is 29.1 Å². The quantitative estimate of drug-likeness (QED) is 0.733. The number of ketones is 1. The third kappa shape index (κ3) is 5.51. The fourth-order valence-corrected chi connectivity index (χ4v) is 4.84. The van der Waals surface area contributed by atoms with Gasteiger partial charge in [0.25, 0.3) is 0 Å². The summed E-state index contributed by atoms with van der Waals surface area (Å²) in [6.45, 7) is 6.26. The summed E-state index contributed by atoms with van der Waals surface area (Å²) in [6.07, 6.45) is 4.06. The zero-order valence-electron chi connectivity index (χ0n) is 18.4. The first-order valence-corrected chi connectivity index (χ1v) is 11.1. The number of rotatable bonds is 5. The van der Waals surface area contributed by atoms with E-state index in [1.54, 1.807) is 0 Å². The molecule has 3 rings (SSSR count). The number of carbonyl (C=O) groups excluding carboxylic acids is 3. The number of amides is 2. The largest absolute Gasteiger partial charge is 0.446 e. The van der Waals surface area contributed by atoms with E-state index < -0.39 is 18.2 Å². The summed E-state index contributed by atoms with van der Waals surface area (Å²) in [6, 6.07) is 0.734. The average Bonchev–Trinajstić information content (AvgIpc) is 3.25. The molecule has 0 unspecified atom stereocenters. The highest BCUT2D eigenvalue weighted by molar-refractivity contribution is 5.87. The Morgan fingerprint density at radius 3 is 2.60 bits per heavy atom. The van der Waals surface area contributed by atoms with Gasteiger partial charge in [0.05, 0.1) is 6.07 Å². The third-order valence-corrected chi connectivity index (χ3v) is 6.61. The van der Waals surface area contributed by atoms with Crippen molar-refractivity contribution in [3.8, 4) is 6.07 Å². The normalized spacial score (nSPS) is 28.2. The molecule has 2 saturated heterocycles. The van der Waals surface area contributed by atoms with Crippen molar-refractivity contribution in [1.29, 1.82) is 5.26 Å². The zero-order chi connectivity index (χ0) is 21.9. The molecule has 30 heavy (non-hydrogen) atoms. The Kier molecular flexibility index (Phi) is 7.02. The third-order valence-electron chi connectivity index (χ3n) is 6.61. The number of likely N-dealkylation sites (tertiary alicyclic amines) is 2. The van der Waals surface area contributed by atoms with E-state index in [1.165, 1.54) is 4.90 Å². The number of nitriles is 1. The van der Waals surface area contributed by atoms with Gasteiger partial charge in [-0.05, 0) is 51.0 Å². The highest BCUT2D eigenvalue weighted by Gasteiger charge is 2.45. The molecule has 2 heterocycles. The molecule has 166 valence electrons. The smallest absolute Gasteiger partial charge is 0.410 e. The predicted octanol–water partition coefficient (Wildman–Crippen LogP) is 2.09. The number of nitrogens with one attached hydrogen (secondary N) is 1. The molecule has 1 saturated carbocycles. The lowest BCUT2D eigenvalue weighted by molar-refractivity contribution is -0.126. The lowest BCUT2D eigenvalue weighted by Gasteiger charge is -2.31. The summed E-state index contributed by atoms with van der Waals surface area (Å²) in [5.74, 6) is -0.312. The molecule has 0 bridgehead atoms. The van der Waals surface area contributed by atoms with Crippen LogP contribution >= 0.6 is 0 Å². The second-order valence-corrected chi connectivity index (χ2v) is 9.88. The van der Waals surface area contributed by atoms with Gasteiger partial charge in [-0.15, -0.1) is 0 Å². The predicted molar refractivity (Wildman–Crippen MR) is 110 cm³/mol. The van der Waals surface area contributed by atoms with Gasteiger partial charge >= 0.3 is 6.09 Å². The fourth-order valence-electron chi connectivity index (χ4n) is 4.84. The first-order valence-electron chi connectivity index (χ1n) is 11.1. The van der Waals surface area contributed by atoms with Crippen LogP contribution in [0.2, 0.25) is 0 Å². The van der Waals surface area contributed by atoms with Crippen LogP contribution in [0, 0.1) is 22.7 Å². The number of piperidine rings is 1. The summed E-state index contributed by atoms with van der Waals surface area (Å²) in [5, 5.41) is 12.3. The summed E-state index contributed by atoms with van der Waals surface area (Å²) >= 11 is 0. The number of ether oxygens (including phenoxy) is 1. The van der Waals surface area contributed by atoms with E-state index in [0.29, 0.717) is 25.8 Å². The van der Waals surface area contributed by atoms with Crippen molar-refractivity contribution in [3.63, 3.8) is 0 Å². The van der Waals surface area contributed by atoms with E-state index in [4.69, 9.17) is 4.74 Å². The highest BCUT2D eigenvalue weighted by atomic mass is 16.6. The molecule has 3 aliphatic rings. The average molecular weight is 419 g/mol. The van der Waals surface area contributed by atoms with Crippen molar-refractivity contribution in [3.05, 3.63) is 0 Å². The summed E-state index contributed by atoms with van der Waals surface area (Å²) in [5.41, 5.74) is -0.211. The minimum atomic E-state index is -0.722. The monoisotopic (exact) mass is 418 g/mol. The molecule has 0 aromatic carbocycles. The fraction of sp³-hybridized carbons (Fsp3) is 0.818. The molecule has 0 spiro atoms. The van der Waals surface area contributed by atoms with Crippen LogP contribution in [-0.2, 0) is 14.3 Å². The molecule has 0 aromatic rings. The van der Waals surface area contributed by atoms with Gasteiger partial charge in [-0.25, -0.2) is 4.79 Å². The zero-order valence-corrected chi connectivity index (χ0v) is 18.4. The molecule has 0 aromatic heterocycles. The standard InChI is InChI=1S/C22H34N4O4/c1-22(2)12-18(20(28)24-16(13-23)11-15-5-4-6-19(15)27)26(14-22)21(29)30-17-7-9-25(3)10-8-17/h15-18H,4-12,14H2,1-3H3,(H,24,28)/t15-,16-,18-/m0/s1. The highest BCUT2D eigenvalue weighted by Crippen LogP contribution is 2.35.